The average molecular weight is 373 g/mol. The number of fused-ring (bicyclic) bond motifs is 1. The number of aromatic nitrogens is 1. The Morgan fingerprint density at radius 3 is 2.43 bits per heavy atom. The number of hydrogen-bond donors (Lipinski definition) is 0. The van der Waals surface area contributed by atoms with Crippen molar-refractivity contribution in [2.75, 3.05) is 18.6 Å². The molecule has 1 aliphatic heterocycles. The van der Waals surface area contributed by atoms with Crippen LogP contribution in [0.4, 0.5) is 5.82 Å². The van der Waals surface area contributed by atoms with Gasteiger partial charge in [0, 0.05) is 31.9 Å². The summed E-state index contributed by atoms with van der Waals surface area (Å²) in [6, 6.07) is 22.0. The number of esters is 1. The van der Waals surface area contributed by atoms with Crippen molar-refractivity contribution in [2.45, 2.75) is 19.7 Å². The summed E-state index contributed by atoms with van der Waals surface area (Å²) in [5, 5.41) is 0. The van der Waals surface area contributed by atoms with E-state index < -0.39 is 0 Å². The molecular formula is C23H23N3O2. The smallest absolute Gasteiger partial charge is 0.340 e. The first-order valence-electron chi connectivity index (χ1n) is 9.36. The number of rotatable bonds is 5. The monoisotopic (exact) mass is 373 g/mol. The maximum absolute atomic E-state index is 12.5. The summed E-state index contributed by atoms with van der Waals surface area (Å²) < 4.78 is 5.45. The molecule has 5 nitrogen and oxygen atoms in total. The molecule has 142 valence electrons. The standard InChI is InChI=1S/C23H23N3O2/c1-25-17-26(14-18-8-4-2-5-9-18)15-21-12-20(13-24-22(21)25)23(27)28-16-19-10-6-3-7-11-19/h2-13H,14-17H2,1H3. The van der Waals surface area contributed by atoms with Crippen molar-refractivity contribution in [2.24, 2.45) is 0 Å². The topological polar surface area (TPSA) is 45.7 Å². The fourth-order valence-corrected chi connectivity index (χ4v) is 3.49. The van der Waals surface area contributed by atoms with Gasteiger partial charge < -0.3 is 9.64 Å². The zero-order valence-corrected chi connectivity index (χ0v) is 15.9. The fraction of sp³-hybridized carbons (Fsp3) is 0.217. The van der Waals surface area contributed by atoms with Gasteiger partial charge in [-0.1, -0.05) is 60.7 Å². The quantitative estimate of drug-likeness (QED) is 0.636. The molecule has 0 spiro atoms. The van der Waals surface area contributed by atoms with Crippen LogP contribution in [0.3, 0.4) is 0 Å². The van der Waals surface area contributed by atoms with Crippen molar-refractivity contribution in [3.63, 3.8) is 0 Å². The van der Waals surface area contributed by atoms with E-state index in [2.05, 4.69) is 39.0 Å². The lowest BCUT2D eigenvalue weighted by molar-refractivity contribution is 0.0472. The third-order valence-corrected chi connectivity index (χ3v) is 4.81. The normalized spacial score (nSPS) is 13.8. The molecule has 2 heterocycles. The molecule has 1 aliphatic rings. The van der Waals surface area contributed by atoms with E-state index in [1.165, 1.54) is 5.56 Å². The van der Waals surface area contributed by atoms with Crippen LogP contribution >= 0.6 is 0 Å². The number of carbonyl (C=O) groups is 1. The Morgan fingerprint density at radius 2 is 1.71 bits per heavy atom. The van der Waals surface area contributed by atoms with Gasteiger partial charge in [0.2, 0.25) is 0 Å². The number of nitrogens with zero attached hydrogens (tertiary/aromatic N) is 3. The van der Waals surface area contributed by atoms with Crippen LogP contribution in [0.2, 0.25) is 0 Å². The molecule has 4 rings (SSSR count). The van der Waals surface area contributed by atoms with E-state index in [-0.39, 0.29) is 12.6 Å². The Bertz CT molecular complexity index is 945. The van der Waals surface area contributed by atoms with Crippen molar-refractivity contribution in [3.05, 3.63) is 95.2 Å². The van der Waals surface area contributed by atoms with Gasteiger partial charge in [0.25, 0.3) is 0 Å². The van der Waals surface area contributed by atoms with Crippen LogP contribution in [0.15, 0.2) is 72.9 Å². The molecule has 28 heavy (non-hydrogen) atoms. The molecule has 0 saturated heterocycles. The van der Waals surface area contributed by atoms with Crippen LogP contribution in [0, 0.1) is 0 Å². The Morgan fingerprint density at radius 1 is 1.04 bits per heavy atom. The SMILES string of the molecule is CN1CN(Cc2ccccc2)Cc2cc(C(=O)OCc3ccccc3)cnc21. The van der Waals surface area contributed by atoms with E-state index in [1.807, 2.05) is 49.5 Å². The van der Waals surface area contributed by atoms with Gasteiger partial charge >= 0.3 is 5.97 Å². The van der Waals surface area contributed by atoms with Crippen molar-refractivity contribution in [1.82, 2.24) is 9.88 Å². The molecule has 2 aromatic carbocycles. The Kier molecular flexibility index (Phi) is 5.35. The predicted octanol–water partition coefficient (Wildman–Crippen LogP) is 3.85. The Labute approximate surface area is 165 Å². The molecule has 0 saturated carbocycles. The number of carbonyl (C=O) groups excluding carboxylic acids is 1. The third-order valence-electron chi connectivity index (χ3n) is 4.81. The highest BCUT2D eigenvalue weighted by atomic mass is 16.5. The first-order valence-corrected chi connectivity index (χ1v) is 9.36. The molecule has 0 unspecified atom stereocenters. The second-order valence-electron chi connectivity index (χ2n) is 7.08. The molecule has 3 aromatic rings. The van der Waals surface area contributed by atoms with Gasteiger partial charge in [0.05, 0.1) is 12.2 Å². The van der Waals surface area contributed by atoms with E-state index in [0.29, 0.717) is 5.56 Å². The van der Waals surface area contributed by atoms with E-state index in [4.69, 9.17) is 4.74 Å². The summed E-state index contributed by atoms with van der Waals surface area (Å²) >= 11 is 0. The van der Waals surface area contributed by atoms with Crippen LogP contribution in [-0.4, -0.2) is 29.6 Å². The Hall–Kier alpha value is -3.18. The van der Waals surface area contributed by atoms with Gasteiger partial charge in [-0.05, 0) is 17.2 Å². The number of benzene rings is 2. The highest BCUT2D eigenvalue weighted by Gasteiger charge is 2.23. The van der Waals surface area contributed by atoms with Crippen LogP contribution in [0.1, 0.15) is 27.0 Å². The molecule has 0 aliphatic carbocycles. The minimum Gasteiger partial charge on any atom is -0.457 e. The highest BCUT2D eigenvalue weighted by molar-refractivity contribution is 5.89. The maximum Gasteiger partial charge on any atom is 0.340 e. The average Bonchev–Trinajstić information content (AvgIpc) is 2.73. The van der Waals surface area contributed by atoms with Gasteiger partial charge in [-0.25, -0.2) is 9.78 Å². The molecule has 5 heteroatoms. The van der Waals surface area contributed by atoms with Gasteiger partial charge in [-0.2, -0.15) is 0 Å². The predicted molar refractivity (Wildman–Crippen MR) is 109 cm³/mol. The van der Waals surface area contributed by atoms with Crippen molar-refractivity contribution >= 4 is 11.8 Å². The lowest BCUT2D eigenvalue weighted by Gasteiger charge is -2.35. The zero-order chi connectivity index (χ0) is 19.3. The van der Waals surface area contributed by atoms with Crippen LogP contribution in [-0.2, 0) is 24.4 Å². The minimum atomic E-state index is -0.345. The summed E-state index contributed by atoms with van der Waals surface area (Å²) in [5.41, 5.74) is 3.77. The second kappa shape index (κ2) is 8.23. The number of hydrogen-bond acceptors (Lipinski definition) is 5. The van der Waals surface area contributed by atoms with E-state index in [1.54, 1.807) is 6.20 Å². The highest BCUT2D eigenvalue weighted by Crippen LogP contribution is 2.26. The minimum absolute atomic E-state index is 0.261. The van der Waals surface area contributed by atoms with E-state index in [9.17, 15) is 4.79 Å². The Balaban J connectivity index is 1.46. The fourth-order valence-electron chi connectivity index (χ4n) is 3.49. The van der Waals surface area contributed by atoms with Gasteiger partial charge in [-0.3, -0.25) is 4.90 Å². The molecular weight excluding hydrogens is 350 g/mol. The van der Waals surface area contributed by atoms with Crippen LogP contribution in [0.25, 0.3) is 0 Å². The second-order valence-corrected chi connectivity index (χ2v) is 7.08. The van der Waals surface area contributed by atoms with E-state index >= 15 is 0 Å². The lowest BCUT2D eigenvalue weighted by Crippen LogP contribution is -2.40. The number of anilines is 1. The molecule has 0 radical (unpaired) electrons. The largest absolute Gasteiger partial charge is 0.457 e. The van der Waals surface area contributed by atoms with E-state index in [0.717, 1.165) is 36.7 Å². The summed E-state index contributed by atoms with van der Waals surface area (Å²) in [6.45, 7) is 2.66. The summed E-state index contributed by atoms with van der Waals surface area (Å²) in [6.07, 6.45) is 1.61. The molecule has 0 bridgehead atoms. The van der Waals surface area contributed by atoms with Crippen LogP contribution < -0.4 is 4.90 Å². The molecule has 0 amide bonds. The summed E-state index contributed by atoms with van der Waals surface area (Å²) in [7, 11) is 2.02. The first kappa shape index (κ1) is 18.2. The zero-order valence-electron chi connectivity index (χ0n) is 15.9. The number of pyridine rings is 1. The van der Waals surface area contributed by atoms with Gasteiger partial charge in [-0.15, -0.1) is 0 Å². The van der Waals surface area contributed by atoms with Crippen molar-refractivity contribution in [1.29, 1.82) is 0 Å². The number of ether oxygens (including phenoxy) is 1. The molecule has 1 aromatic heterocycles. The molecule has 0 fully saturated rings. The van der Waals surface area contributed by atoms with Gasteiger partial charge in [0.15, 0.2) is 0 Å². The summed E-state index contributed by atoms with van der Waals surface area (Å²) in [5.74, 6) is 0.575. The molecule has 0 N–H and O–H groups in total. The first-order chi connectivity index (χ1) is 13.7. The van der Waals surface area contributed by atoms with Crippen molar-refractivity contribution < 1.29 is 9.53 Å². The summed E-state index contributed by atoms with van der Waals surface area (Å²) in [4.78, 5) is 21.4. The third kappa shape index (κ3) is 4.21. The molecule has 0 atom stereocenters. The van der Waals surface area contributed by atoms with Crippen molar-refractivity contribution in [3.8, 4) is 0 Å². The lowest BCUT2D eigenvalue weighted by atomic mass is 10.1. The van der Waals surface area contributed by atoms with Gasteiger partial charge in [0.1, 0.15) is 12.4 Å². The van der Waals surface area contributed by atoms with Crippen LogP contribution in [0.5, 0.6) is 0 Å². The maximum atomic E-state index is 12.5.